The van der Waals surface area contributed by atoms with Gasteiger partial charge in [0.15, 0.2) is 0 Å². The smallest absolute Gasteiger partial charge is 0.266 e. The van der Waals surface area contributed by atoms with Crippen LogP contribution in [-0.4, -0.2) is 18.4 Å². The molecule has 2 aromatic rings. The number of carbonyl (C=O) groups is 2. The van der Waals surface area contributed by atoms with Crippen molar-refractivity contribution in [2.45, 2.75) is 25.7 Å². The maximum absolute atomic E-state index is 12.7. The molecule has 1 aliphatic carbocycles. The maximum Gasteiger partial charge on any atom is 0.266 e. The Balaban J connectivity index is 1.81. The van der Waals surface area contributed by atoms with Gasteiger partial charge in [0.1, 0.15) is 29.0 Å². The van der Waals surface area contributed by atoms with Crippen molar-refractivity contribution in [3.05, 3.63) is 64.1 Å². The lowest BCUT2D eigenvalue weighted by Gasteiger charge is -2.11. The first-order valence-electron chi connectivity index (χ1n) is 9.24. The highest BCUT2D eigenvalue weighted by Crippen LogP contribution is 2.38. The fraction of sp³-hybridized carbons (Fsp3) is 0.227. The molecule has 6 nitrogen and oxygen atoms in total. The van der Waals surface area contributed by atoms with Crippen LogP contribution in [0.1, 0.15) is 39.2 Å². The normalized spacial score (nSPS) is 13.1. The summed E-state index contributed by atoms with van der Waals surface area (Å²) >= 11 is 1.37. The molecule has 0 unspecified atom stereocenters. The summed E-state index contributed by atoms with van der Waals surface area (Å²) < 4.78 is 5.42. The molecule has 0 atom stereocenters. The number of primary amides is 1. The molecule has 148 valence electrons. The number of nitriles is 1. The summed E-state index contributed by atoms with van der Waals surface area (Å²) in [4.78, 5) is 25.7. The van der Waals surface area contributed by atoms with Gasteiger partial charge in [-0.3, -0.25) is 9.59 Å². The first kappa shape index (κ1) is 20.4. The molecule has 1 heterocycles. The monoisotopic (exact) mass is 407 g/mol. The molecule has 0 radical (unpaired) electrons. The van der Waals surface area contributed by atoms with Gasteiger partial charge in [0.2, 0.25) is 0 Å². The third kappa shape index (κ3) is 4.73. The third-order valence-electron chi connectivity index (χ3n) is 4.57. The number of nitrogens with one attached hydrogen (secondary N) is 1. The second kappa shape index (κ2) is 9.22. The van der Waals surface area contributed by atoms with Crippen molar-refractivity contribution < 1.29 is 14.3 Å². The molecule has 7 heteroatoms. The highest BCUT2D eigenvalue weighted by molar-refractivity contribution is 7.17. The number of carbonyl (C=O) groups excluding carboxylic acids is 2. The molecule has 1 aromatic carbocycles. The summed E-state index contributed by atoms with van der Waals surface area (Å²) in [7, 11) is 0. The van der Waals surface area contributed by atoms with Crippen LogP contribution in [0.4, 0.5) is 5.00 Å². The quantitative estimate of drug-likeness (QED) is 0.413. The maximum atomic E-state index is 12.7. The molecule has 0 aliphatic heterocycles. The van der Waals surface area contributed by atoms with E-state index in [0.29, 0.717) is 28.5 Å². The van der Waals surface area contributed by atoms with Gasteiger partial charge in [0.25, 0.3) is 11.8 Å². The van der Waals surface area contributed by atoms with E-state index >= 15 is 0 Å². The zero-order valence-corrected chi connectivity index (χ0v) is 16.7. The zero-order chi connectivity index (χ0) is 20.8. The average Bonchev–Trinajstić information content (AvgIpc) is 3.09. The van der Waals surface area contributed by atoms with Crippen LogP contribution in [-0.2, 0) is 17.6 Å². The summed E-state index contributed by atoms with van der Waals surface area (Å²) in [6.07, 6.45) is 6.83. The van der Waals surface area contributed by atoms with E-state index in [1.54, 1.807) is 30.3 Å². The Kier molecular flexibility index (Phi) is 6.47. The lowest BCUT2D eigenvalue weighted by Crippen LogP contribution is -2.19. The topological polar surface area (TPSA) is 105 Å². The van der Waals surface area contributed by atoms with Gasteiger partial charge in [0, 0.05) is 4.88 Å². The molecular formula is C22H21N3O3S. The molecule has 1 aromatic heterocycles. The molecular weight excluding hydrogens is 386 g/mol. The van der Waals surface area contributed by atoms with E-state index in [9.17, 15) is 14.9 Å². The van der Waals surface area contributed by atoms with Crippen molar-refractivity contribution in [2.24, 2.45) is 5.73 Å². The van der Waals surface area contributed by atoms with Crippen LogP contribution in [0, 0.1) is 11.3 Å². The highest BCUT2D eigenvalue weighted by atomic mass is 32.1. The summed E-state index contributed by atoms with van der Waals surface area (Å²) in [5, 5.41) is 12.6. The van der Waals surface area contributed by atoms with Crippen LogP contribution < -0.4 is 15.8 Å². The molecule has 0 saturated heterocycles. The van der Waals surface area contributed by atoms with E-state index in [0.717, 1.165) is 36.1 Å². The van der Waals surface area contributed by atoms with Gasteiger partial charge in [-0.25, -0.2) is 0 Å². The number of thiophene rings is 1. The Hall–Kier alpha value is -3.37. The van der Waals surface area contributed by atoms with Crippen molar-refractivity contribution in [3.63, 3.8) is 0 Å². The molecule has 3 N–H and O–H groups in total. The van der Waals surface area contributed by atoms with Crippen molar-refractivity contribution in [2.75, 3.05) is 11.9 Å². The summed E-state index contributed by atoms with van der Waals surface area (Å²) in [6.45, 7) is 3.99. The number of nitrogens with zero attached hydrogens (tertiary/aromatic N) is 1. The van der Waals surface area contributed by atoms with Crippen LogP contribution in [0.2, 0.25) is 0 Å². The van der Waals surface area contributed by atoms with Crippen LogP contribution >= 0.6 is 11.3 Å². The molecule has 0 fully saturated rings. The zero-order valence-electron chi connectivity index (χ0n) is 15.9. The Morgan fingerprint density at radius 2 is 2.00 bits per heavy atom. The fourth-order valence-corrected chi connectivity index (χ4v) is 4.51. The number of hydrogen-bond acceptors (Lipinski definition) is 5. The van der Waals surface area contributed by atoms with Crippen molar-refractivity contribution >= 4 is 34.2 Å². The van der Waals surface area contributed by atoms with E-state index in [-0.39, 0.29) is 5.57 Å². The highest BCUT2D eigenvalue weighted by Gasteiger charge is 2.25. The summed E-state index contributed by atoms with van der Waals surface area (Å²) in [5.41, 5.74) is 7.49. The van der Waals surface area contributed by atoms with Crippen LogP contribution in [0.3, 0.4) is 0 Å². The number of fused-ring (bicyclic) bond motifs is 1. The van der Waals surface area contributed by atoms with Gasteiger partial charge in [-0.15, -0.1) is 11.3 Å². The minimum atomic E-state index is -0.569. The van der Waals surface area contributed by atoms with Crippen molar-refractivity contribution in [1.82, 2.24) is 0 Å². The molecule has 3 rings (SSSR count). The molecule has 29 heavy (non-hydrogen) atoms. The van der Waals surface area contributed by atoms with Gasteiger partial charge in [-0.05, 0) is 55.0 Å². The summed E-state index contributed by atoms with van der Waals surface area (Å²) in [6, 6.07) is 8.93. The second-order valence-electron chi connectivity index (χ2n) is 6.57. The second-order valence-corrected chi connectivity index (χ2v) is 7.68. The lowest BCUT2D eigenvalue weighted by molar-refractivity contribution is -0.112. The molecule has 0 saturated carbocycles. The van der Waals surface area contributed by atoms with Gasteiger partial charge >= 0.3 is 0 Å². The number of hydrogen-bond donors (Lipinski definition) is 2. The number of nitrogens with two attached hydrogens (primary N) is 1. The number of rotatable bonds is 7. The van der Waals surface area contributed by atoms with E-state index in [1.165, 1.54) is 17.4 Å². The number of anilines is 1. The fourth-order valence-electron chi connectivity index (χ4n) is 3.22. The van der Waals surface area contributed by atoms with Crippen LogP contribution in [0.5, 0.6) is 5.75 Å². The third-order valence-corrected chi connectivity index (χ3v) is 5.78. The minimum absolute atomic E-state index is 0.0634. The number of ether oxygens (including phenoxy) is 1. The number of amides is 2. The van der Waals surface area contributed by atoms with E-state index in [2.05, 4.69) is 11.9 Å². The average molecular weight is 407 g/mol. The van der Waals surface area contributed by atoms with Crippen LogP contribution in [0.15, 0.2) is 42.5 Å². The Labute approximate surface area is 173 Å². The molecule has 1 aliphatic rings. The standard InChI is InChI=1S/C22H21N3O3S/c1-2-11-28-16-9-7-14(8-10-16)12-15(13-23)21(27)25-22-19(20(24)26)17-5-3-4-6-18(17)29-22/h2,7-10,12H,1,3-6,11H2,(H2,24,26)(H,25,27)/b15-12+. The van der Waals surface area contributed by atoms with Gasteiger partial charge in [-0.2, -0.15) is 5.26 Å². The SMILES string of the molecule is C=CCOc1ccc(/C=C(\C#N)C(=O)Nc2sc3c(c2C(N)=O)CCCC3)cc1. The van der Waals surface area contributed by atoms with Crippen molar-refractivity contribution in [1.29, 1.82) is 5.26 Å². The Bertz CT molecular complexity index is 1010. The molecule has 0 spiro atoms. The Morgan fingerprint density at radius 3 is 2.66 bits per heavy atom. The van der Waals surface area contributed by atoms with E-state index < -0.39 is 11.8 Å². The van der Waals surface area contributed by atoms with Gasteiger partial charge in [-0.1, -0.05) is 24.8 Å². The minimum Gasteiger partial charge on any atom is -0.490 e. The van der Waals surface area contributed by atoms with Crippen LogP contribution in [0.25, 0.3) is 6.08 Å². The lowest BCUT2D eigenvalue weighted by atomic mass is 9.95. The first-order valence-corrected chi connectivity index (χ1v) is 10.1. The predicted molar refractivity (Wildman–Crippen MR) is 114 cm³/mol. The summed E-state index contributed by atoms with van der Waals surface area (Å²) in [5.74, 6) is -0.460. The Morgan fingerprint density at radius 1 is 1.28 bits per heavy atom. The number of benzene rings is 1. The van der Waals surface area contributed by atoms with Gasteiger partial charge < -0.3 is 15.8 Å². The largest absolute Gasteiger partial charge is 0.490 e. The molecule has 0 bridgehead atoms. The predicted octanol–water partition coefficient (Wildman–Crippen LogP) is 3.84. The van der Waals surface area contributed by atoms with E-state index in [1.807, 2.05) is 6.07 Å². The van der Waals surface area contributed by atoms with Gasteiger partial charge in [0.05, 0.1) is 5.56 Å². The first-order chi connectivity index (χ1) is 14.0. The molecule has 2 amide bonds. The van der Waals surface area contributed by atoms with E-state index in [4.69, 9.17) is 10.5 Å². The van der Waals surface area contributed by atoms with Crippen molar-refractivity contribution in [3.8, 4) is 11.8 Å². The number of aryl methyl sites for hydroxylation is 1.